The van der Waals surface area contributed by atoms with Crippen LogP contribution in [0, 0.1) is 10.1 Å². The molecule has 0 radical (unpaired) electrons. The van der Waals surface area contributed by atoms with Gasteiger partial charge in [0.15, 0.2) is 6.79 Å². The Labute approximate surface area is 171 Å². The van der Waals surface area contributed by atoms with Gasteiger partial charge in [0.05, 0.1) is 17.2 Å². The number of hydrogen-bond acceptors (Lipinski definition) is 7. The molecule has 0 spiro atoms. The van der Waals surface area contributed by atoms with Crippen LogP contribution in [0.25, 0.3) is 5.69 Å². The molecule has 3 aromatic rings. The van der Waals surface area contributed by atoms with Gasteiger partial charge in [-0.25, -0.2) is 9.67 Å². The van der Waals surface area contributed by atoms with Gasteiger partial charge >= 0.3 is 0 Å². The molecule has 1 aliphatic carbocycles. The topological polar surface area (TPSA) is 92.3 Å². The summed E-state index contributed by atoms with van der Waals surface area (Å²) in [7, 11) is 0. The molecule has 2 heterocycles. The minimum atomic E-state index is -0.392. The molecule has 2 aromatic carbocycles. The van der Waals surface area contributed by atoms with Gasteiger partial charge in [0.2, 0.25) is 5.16 Å². The molecular formula is C20H18N4O4S. The number of ether oxygens (including phenoxy) is 2. The molecule has 0 unspecified atom stereocenters. The van der Waals surface area contributed by atoms with Gasteiger partial charge < -0.3 is 9.47 Å². The van der Waals surface area contributed by atoms with E-state index >= 15 is 0 Å². The molecule has 148 valence electrons. The number of non-ortho nitro benzene ring substituents is 1. The van der Waals surface area contributed by atoms with Gasteiger partial charge in [-0.1, -0.05) is 30.0 Å². The molecule has 1 saturated carbocycles. The van der Waals surface area contributed by atoms with Crippen molar-refractivity contribution in [1.82, 2.24) is 14.8 Å². The second-order valence-electron chi connectivity index (χ2n) is 7.02. The molecule has 0 N–H and O–H groups in total. The first-order chi connectivity index (χ1) is 14.2. The predicted octanol–water partition coefficient (Wildman–Crippen LogP) is 4.21. The number of hydrogen-bond donors (Lipinski definition) is 0. The van der Waals surface area contributed by atoms with Crippen LogP contribution in [0.3, 0.4) is 0 Å². The molecule has 1 fully saturated rings. The van der Waals surface area contributed by atoms with Gasteiger partial charge in [-0.15, -0.1) is 5.10 Å². The van der Waals surface area contributed by atoms with Crippen molar-refractivity contribution in [2.45, 2.75) is 36.3 Å². The lowest BCUT2D eigenvalue weighted by Gasteiger charge is -2.20. The molecule has 1 aromatic heterocycles. The summed E-state index contributed by atoms with van der Waals surface area (Å²) in [6, 6.07) is 13.0. The lowest BCUT2D eigenvalue weighted by molar-refractivity contribution is -0.385. The fourth-order valence-corrected chi connectivity index (χ4v) is 4.16. The number of rotatable bonds is 6. The van der Waals surface area contributed by atoms with Gasteiger partial charge in [0.25, 0.3) is 5.69 Å². The number of aromatic nitrogens is 3. The minimum absolute atomic E-state index is 0.0369. The van der Waals surface area contributed by atoms with Crippen LogP contribution in [0.15, 0.2) is 47.6 Å². The average Bonchev–Trinajstić information content (AvgIpc) is 3.51. The molecule has 5 rings (SSSR count). The van der Waals surface area contributed by atoms with Crippen LogP contribution < -0.4 is 4.74 Å². The summed E-state index contributed by atoms with van der Waals surface area (Å²) in [6.45, 7) is 0.455. The van der Waals surface area contributed by atoms with Crippen molar-refractivity contribution in [2.24, 2.45) is 0 Å². The summed E-state index contributed by atoms with van der Waals surface area (Å²) in [5, 5.41) is 16.6. The molecule has 2 aliphatic rings. The highest BCUT2D eigenvalue weighted by molar-refractivity contribution is 7.98. The molecule has 0 amide bonds. The minimum Gasteiger partial charge on any atom is -0.467 e. The molecule has 0 bridgehead atoms. The third-order valence-electron chi connectivity index (χ3n) is 4.90. The fourth-order valence-electron chi connectivity index (χ4n) is 3.37. The number of para-hydroxylation sites is 1. The van der Waals surface area contributed by atoms with E-state index in [9.17, 15) is 10.1 Å². The summed E-state index contributed by atoms with van der Waals surface area (Å²) in [5.41, 5.74) is 2.48. The van der Waals surface area contributed by atoms with E-state index in [0.717, 1.165) is 29.9 Å². The van der Waals surface area contributed by atoms with Gasteiger partial charge in [-0.3, -0.25) is 10.1 Å². The highest BCUT2D eigenvalue weighted by Gasteiger charge is 2.30. The Balaban J connectivity index is 1.43. The van der Waals surface area contributed by atoms with E-state index in [2.05, 4.69) is 0 Å². The van der Waals surface area contributed by atoms with E-state index in [4.69, 9.17) is 19.6 Å². The zero-order chi connectivity index (χ0) is 19.8. The number of nitro benzene ring substituents is 1. The Morgan fingerprint density at radius 2 is 2.07 bits per heavy atom. The summed E-state index contributed by atoms with van der Waals surface area (Å²) in [6.07, 6.45) is 2.25. The molecule has 1 aliphatic heterocycles. The Morgan fingerprint density at radius 1 is 1.24 bits per heavy atom. The summed E-state index contributed by atoms with van der Waals surface area (Å²) in [5.74, 6) is 2.57. The van der Waals surface area contributed by atoms with Crippen LogP contribution >= 0.6 is 11.8 Å². The number of nitro groups is 1. The van der Waals surface area contributed by atoms with E-state index in [1.54, 1.807) is 6.07 Å². The van der Waals surface area contributed by atoms with E-state index in [1.165, 1.54) is 17.8 Å². The summed E-state index contributed by atoms with van der Waals surface area (Å²) >= 11 is 1.46. The maximum absolute atomic E-state index is 11.3. The van der Waals surface area contributed by atoms with Crippen molar-refractivity contribution in [1.29, 1.82) is 0 Å². The van der Waals surface area contributed by atoms with Crippen LogP contribution in [0.5, 0.6) is 5.75 Å². The number of nitrogens with zero attached hydrogens (tertiary/aromatic N) is 4. The molecule has 8 nitrogen and oxygen atoms in total. The SMILES string of the molecule is O=[N+]([O-])c1cc2c(c(CSc3nc(C4CC4)n(-c4ccccc4)n3)c1)OCOC2. The summed E-state index contributed by atoms with van der Waals surface area (Å²) in [4.78, 5) is 15.6. The van der Waals surface area contributed by atoms with Gasteiger partial charge in [0.1, 0.15) is 11.6 Å². The zero-order valence-electron chi connectivity index (χ0n) is 15.5. The van der Waals surface area contributed by atoms with Crippen molar-refractivity contribution in [2.75, 3.05) is 6.79 Å². The molecule has 29 heavy (non-hydrogen) atoms. The van der Waals surface area contributed by atoms with Crippen LogP contribution in [0.2, 0.25) is 0 Å². The third-order valence-corrected chi connectivity index (χ3v) is 5.78. The lowest BCUT2D eigenvalue weighted by Crippen LogP contribution is -2.13. The fraction of sp³-hybridized carbons (Fsp3) is 0.300. The van der Waals surface area contributed by atoms with E-state index in [-0.39, 0.29) is 12.5 Å². The van der Waals surface area contributed by atoms with Gasteiger partial charge in [-0.2, -0.15) is 0 Å². The van der Waals surface area contributed by atoms with Crippen molar-refractivity contribution >= 4 is 17.4 Å². The Hall–Kier alpha value is -2.91. The maximum atomic E-state index is 11.3. The predicted molar refractivity (Wildman–Crippen MR) is 106 cm³/mol. The normalized spacial score (nSPS) is 15.6. The first kappa shape index (κ1) is 18.1. The Bertz CT molecular complexity index is 1070. The largest absolute Gasteiger partial charge is 0.467 e. The molecule has 0 atom stereocenters. The van der Waals surface area contributed by atoms with Crippen molar-refractivity contribution in [3.63, 3.8) is 0 Å². The average molecular weight is 410 g/mol. The van der Waals surface area contributed by atoms with E-state index in [1.807, 2.05) is 35.0 Å². The second kappa shape index (κ2) is 7.49. The zero-order valence-corrected chi connectivity index (χ0v) is 16.3. The Kier molecular flexibility index (Phi) is 4.69. The smallest absolute Gasteiger partial charge is 0.270 e. The van der Waals surface area contributed by atoms with E-state index < -0.39 is 4.92 Å². The third kappa shape index (κ3) is 3.70. The molecule has 9 heteroatoms. The number of fused-ring (bicyclic) bond motifs is 1. The van der Waals surface area contributed by atoms with Crippen LogP contribution in [-0.4, -0.2) is 26.5 Å². The van der Waals surface area contributed by atoms with Crippen molar-refractivity contribution in [3.05, 3.63) is 69.5 Å². The van der Waals surface area contributed by atoms with Crippen molar-refractivity contribution in [3.8, 4) is 11.4 Å². The molecular weight excluding hydrogens is 392 g/mol. The summed E-state index contributed by atoms with van der Waals surface area (Å²) < 4.78 is 12.8. The van der Waals surface area contributed by atoms with E-state index in [0.29, 0.717) is 34.7 Å². The first-order valence-corrected chi connectivity index (χ1v) is 10.3. The standard InChI is InChI=1S/C20H18N4O4S/c25-24(26)17-8-14-10-27-12-28-18(14)15(9-17)11-29-20-21-19(13-6-7-13)23(22-20)16-4-2-1-3-5-16/h1-5,8-9,13H,6-7,10-12H2. The molecule has 0 saturated heterocycles. The van der Waals surface area contributed by atoms with Gasteiger partial charge in [-0.05, 0) is 25.0 Å². The Morgan fingerprint density at radius 3 is 2.83 bits per heavy atom. The highest BCUT2D eigenvalue weighted by Crippen LogP contribution is 2.41. The van der Waals surface area contributed by atoms with Gasteiger partial charge in [0, 0.05) is 34.9 Å². The monoisotopic (exact) mass is 410 g/mol. The second-order valence-corrected chi connectivity index (χ2v) is 7.97. The van der Waals surface area contributed by atoms with Crippen LogP contribution in [-0.2, 0) is 17.1 Å². The number of benzene rings is 2. The first-order valence-electron chi connectivity index (χ1n) is 9.35. The highest BCUT2D eigenvalue weighted by atomic mass is 32.2. The lowest BCUT2D eigenvalue weighted by atomic mass is 10.1. The van der Waals surface area contributed by atoms with Crippen molar-refractivity contribution < 1.29 is 14.4 Å². The maximum Gasteiger partial charge on any atom is 0.270 e. The van der Waals surface area contributed by atoms with Crippen LogP contribution in [0.1, 0.15) is 35.7 Å². The van der Waals surface area contributed by atoms with Crippen LogP contribution in [0.4, 0.5) is 5.69 Å². The number of thioether (sulfide) groups is 1. The quantitative estimate of drug-likeness (QED) is 0.341.